The van der Waals surface area contributed by atoms with Crippen LogP contribution in [0, 0.1) is 5.82 Å². The van der Waals surface area contributed by atoms with Crippen molar-refractivity contribution in [2.75, 3.05) is 19.4 Å². The van der Waals surface area contributed by atoms with Crippen molar-refractivity contribution in [2.24, 2.45) is 0 Å². The second-order valence-electron chi connectivity index (χ2n) is 5.57. The first-order chi connectivity index (χ1) is 11.0. The lowest BCUT2D eigenvalue weighted by molar-refractivity contribution is 0.267. The molecule has 0 aromatic heterocycles. The highest BCUT2D eigenvalue weighted by Gasteiger charge is 2.25. The molecule has 2 aromatic carbocycles. The van der Waals surface area contributed by atoms with Crippen LogP contribution in [0.5, 0.6) is 5.75 Å². The highest BCUT2D eigenvalue weighted by Crippen LogP contribution is 2.26. The molecule has 0 bridgehead atoms. The minimum Gasteiger partial charge on any atom is -0.494 e. The van der Waals surface area contributed by atoms with Gasteiger partial charge in [0.25, 0.3) is 0 Å². The molecule has 122 valence electrons. The third-order valence-electron chi connectivity index (χ3n) is 4.03. The maximum atomic E-state index is 14.3. The van der Waals surface area contributed by atoms with Crippen LogP contribution >= 0.6 is 0 Å². The number of ether oxygens (including phenoxy) is 1. The summed E-state index contributed by atoms with van der Waals surface area (Å²) >= 11 is 0. The lowest BCUT2D eigenvalue weighted by Gasteiger charge is -2.20. The molecule has 0 spiro atoms. The Balaban J connectivity index is 1.89. The Morgan fingerprint density at radius 1 is 1.17 bits per heavy atom. The number of sulfone groups is 1. The normalized spacial score (nSPS) is 17.3. The van der Waals surface area contributed by atoms with Gasteiger partial charge in [0.2, 0.25) is 0 Å². The molecule has 4 nitrogen and oxygen atoms in total. The molecule has 1 aliphatic heterocycles. The van der Waals surface area contributed by atoms with Crippen LogP contribution in [-0.4, -0.2) is 32.7 Å². The van der Waals surface area contributed by atoms with Crippen molar-refractivity contribution in [2.45, 2.75) is 18.0 Å². The molecule has 2 aromatic rings. The van der Waals surface area contributed by atoms with Crippen molar-refractivity contribution in [1.82, 2.24) is 4.90 Å². The number of nitrogens with zero attached hydrogens (tertiary/aromatic N) is 1. The minimum atomic E-state index is -3.29. The van der Waals surface area contributed by atoms with E-state index in [0.29, 0.717) is 30.1 Å². The average Bonchev–Trinajstić information content (AvgIpc) is 2.67. The van der Waals surface area contributed by atoms with Crippen molar-refractivity contribution in [3.8, 4) is 5.75 Å². The Hall–Kier alpha value is -1.92. The van der Waals surface area contributed by atoms with E-state index in [0.717, 1.165) is 5.56 Å². The summed E-state index contributed by atoms with van der Waals surface area (Å²) in [4.78, 5) is 2.33. The van der Waals surface area contributed by atoms with Gasteiger partial charge in [0.1, 0.15) is 0 Å². The second kappa shape index (κ2) is 6.29. The maximum absolute atomic E-state index is 14.3. The quantitative estimate of drug-likeness (QED) is 0.865. The van der Waals surface area contributed by atoms with Gasteiger partial charge in [-0.1, -0.05) is 30.3 Å². The first-order valence-electron chi connectivity index (χ1n) is 7.35. The molecule has 1 aliphatic rings. The van der Waals surface area contributed by atoms with E-state index >= 15 is 0 Å². The molecule has 0 atom stereocenters. The van der Waals surface area contributed by atoms with Gasteiger partial charge in [-0.05, 0) is 17.7 Å². The molecule has 0 saturated heterocycles. The van der Waals surface area contributed by atoms with Crippen molar-refractivity contribution in [3.63, 3.8) is 0 Å². The molecule has 23 heavy (non-hydrogen) atoms. The van der Waals surface area contributed by atoms with Crippen LogP contribution in [0.1, 0.15) is 11.1 Å². The summed E-state index contributed by atoms with van der Waals surface area (Å²) in [7, 11) is -1.86. The van der Waals surface area contributed by atoms with Crippen molar-refractivity contribution >= 4 is 9.84 Å². The van der Waals surface area contributed by atoms with E-state index < -0.39 is 15.7 Å². The van der Waals surface area contributed by atoms with Crippen LogP contribution in [0.2, 0.25) is 0 Å². The molecular weight excluding hydrogens is 317 g/mol. The number of hydrogen-bond acceptors (Lipinski definition) is 4. The van der Waals surface area contributed by atoms with E-state index in [-0.39, 0.29) is 11.5 Å². The number of methoxy groups -OCH3 is 1. The molecule has 0 radical (unpaired) electrons. The molecule has 0 fully saturated rings. The molecule has 0 aliphatic carbocycles. The third kappa shape index (κ3) is 3.23. The zero-order chi connectivity index (χ0) is 16.4. The van der Waals surface area contributed by atoms with Crippen LogP contribution < -0.4 is 4.74 Å². The van der Waals surface area contributed by atoms with Crippen molar-refractivity contribution in [1.29, 1.82) is 0 Å². The van der Waals surface area contributed by atoms with Gasteiger partial charge in [0.15, 0.2) is 21.4 Å². The monoisotopic (exact) mass is 335 g/mol. The zero-order valence-corrected chi connectivity index (χ0v) is 13.6. The standard InChI is InChI=1S/C17H18FNO3S/c1-22-15-7-4-6-14(17(15)18)12-19-9-10-23(20,21)16-8-3-2-5-13(16)11-19/h2-8H,9-12H2,1H3. The molecular formula is C17H18FNO3S. The average molecular weight is 335 g/mol. The van der Waals surface area contributed by atoms with E-state index in [1.807, 2.05) is 17.0 Å². The molecule has 1 heterocycles. The molecule has 0 amide bonds. The summed E-state index contributed by atoms with van der Waals surface area (Å²) in [5.74, 6) is -0.156. The number of hydrogen-bond donors (Lipinski definition) is 0. The van der Waals surface area contributed by atoms with Gasteiger partial charge < -0.3 is 4.74 Å². The van der Waals surface area contributed by atoms with Gasteiger partial charge in [-0.25, -0.2) is 12.8 Å². The Bertz CT molecular complexity index is 820. The number of halogens is 1. The van der Waals surface area contributed by atoms with Gasteiger partial charge in [0, 0.05) is 25.2 Å². The highest BCUT2D eigenvalue weighted by molar-refractivity contribution is 7.91. The van der Waals surface area contributed by atoms with Crippen LogP contribution in [0.3, 0.4) is 0 Å². The highest BCUT2D eigenvalue weighted by atomic mass is 32.2. The van der Waals surface area contributed by atoms with E-state index in [4.69, 9.17) is 4.74 Å². The summed E-state index contributed by atoms with van der Waals surface area (Å²) in [6.07, 6.45) is 0. The predicted molar refractivity (Wildman–Crippen MR) is 85.6 cm³/mol. The Labute approximate surface area is 135 Å². The molecule has 0 saturated carbocycles. The van der Waals surface area contributed by atoms with Crippen LogP contribution in [0.15, 0.2) is 47.4 Å². The summed E-state index contributed by atoms with van der Waals surface area (Å²) in [5.41, 5.74) is 1.26. The van der Waals surface area contributed by atoms with Gasteiger partial charge in [-0.3, -0.25) is 4.90 Å². The topological polar surface area (TPSA) is 46.6 Å². The second-order valence-corrected chi connectivity index (χ2v) is 7.65. The fourth-order valence-corrected chi connectivity index (χ4v) is 4.37. The zero-order valence-electron chi connectivity index (χ0n) is 12.8. The van der Waals surface area contributed by atoms with Gasteiger partial charge in [-0.2, -0.15) is 0 Å². The van der Waals surface area contributed by atoms with Crippen LogP contribution in [0.25, 0.3) is 0 Å². The summed E-state index contributed by atoms with van der Waals surface area (Å²) in [6, 6.07) is 12.0. The predicted octanol–water partition coefficient (Wildman–Crippen LogP) is 2.62. The third-order valence-corrected chi connectivity index (χ3v) is 5.82. The van der Waals surface area contributed by atoms with Gasteiger partial charge in [-0.15, -0.1) is 0 Å². The summed E-state index contributed by atoms with van der Waals surface area (Å²) in [5, 5.41) is 0. The molecule has 0 N–H and O–H groups in total. The maximum Gasteiger partial charge on any atom is 0.179 e. The SMILES string of the molecule is COc1cccc(CN2CCS(=O)(=O)c3ccccc3C2)c1F. The van der Waals surface area contributed by atoms with E-state index in [1.54, 1.807) is 30.3 Å². The molecule has 0 unspecified atom stereocenters. The van der Waals surface area contributed by atoms with Gasteiger partial charge >= 0.3 is 0 Å². The van der Waals surface area contributed by atoms with E-state index in [2.05, 4.69) is 0 Å². The lowest BCUT2D eigenvalue weighted by Crippen LogP contribution is -2.26. The smallest absolute Gasteiger partial charge is 0.179 e. The number of fused-ring (bicyclic) bond motifs is 1. The first-order valence-corrected chi connectivity index (χ1v) is 9.01. The molecule has 6 heteroatoms. The number of rotatable bonds is 3. The summed E-state index contributed by atoms with van der Waals surface area (Å²) in [6.45, 7) is 1.19. The lowest BCUT2D eigenvalue weighted by atomic mass is 10.1. The minimum absolute atomic E-state index is 0.0373. The largest absolute Gasteiger partial charge is 0.494 e. The number of benzene rings is 2. The first kappa shape index (κ1) is 16.0. The van der Waals surface area contributed by atoms with Crippen LogP contribution in [0.4, 0.5) is 4.39 Å². The van der Waals surface area contributed by atoms with E-state index in [1.165, 1.54) is 7.11 Å². The summed E-state index contributed by atoms with van der Waals surface area (Å²) < 4.78 is 44.0. The Kier molecular flexibility index (Phi) is 4.37. The fraction of sp³-hybridized carbons (Fsp3) is 0.294. The Morgan fingerprint density at radius 2 is 1.96 bits per heavy atom. The van der Waals surface area contributed by atoms with Crippen molar-refractivity contribution in [3.05, 3.63) is 59.4 Å². The van der Waals surface area contributed by atoms with Gasteiger partial charge in [0.05, 0.1) is 17.8 Å². The Morgan fingerprint density at radius 3 is 2.74 bits per heavy atom. The van der Waals surface area contributed by atoms with Crippen LogP contribution in [-0.2, 0) is 22.9 Å². The molecule has 3 rings (SSSR count). The van der Waals surface area contributed by atoms with Crippen molar-refractivity contribution < 1.29 is 17.5 Å². The van der Waals surface area contributed by atoms with E-state index in [9.17, 15) is 12.8 Å². The fourth-order valence-electron chi connectivity index (χ4n) is 2.83.